The van der Waals surface area contributed by atoms with E-state index in [4.69, 9.17) is 19.6 Å². The zero-order chi connectivity index (χ0) is 25.9. The standard InChI is InChI=1S/C29H28BrN3O4/c1-18(29(35)36-2)37-26-15-12-19-8-6-7-11-22(19)24(26)17-31-33-27(20-9-4-3-5-10-20)32-25-14-13-21(30)16-23(25)28(33)34/h6-8,11-18,20H,3-5,9-10H2,1-2H3/t18-/m1/s1. The minimum absolute atomic E-state index is 0.161. The van der Waals surface area contributed by atoms with E-state index in [0.29, 0.717) is 28.0 Å². The van der Waals surface area contributed by atoms with Gasteiger partial charge in [0.05, 0.1) is 24.2 Å². The number of benzene rings is 3. The Bertz CT molecular complexity index is 1560. The highest BCUT2D eigenvalue weighted by Gasteiger charge is 2.23. The molecule has 3 aromatic carbocycles. The van der Waals surface area contributed by atoms with Crippen LogP contribution >= 0.6 is 15.9 Å². The van der Waals surface area contributed by atoms with Crippen LogP contribution in [0.15, 0.2) is 69.0 Å². The van der Waals surface area contributed by atoms with Crippen molar-refractivity contribution in [2.24, 2.45) is 5.10 Å². The van der Waals surface area contributed by atoms with Crippen LogP contribution in [0.25, 0.3) is 21.7 Å². The van der Waals surface area contributed by atoms with Crippen molar-refractivity contribution in [2.45, 2.75) is 51.0 Å². The van der Waals surface area contributed by atoms with Gasteiger partial charge in [0.2, 0.25) is 0 Å². The number of aromatic nitrogens is 2. The molecular formula is C29H28BrN3O4. The van der Waals surface area contributed by atoms with Crippen molar-refractivity contribution >= 4 is 49.8 Å². The molecule has 1 aliphatic rings. The summed E-state index contributed by atoms with van der Waals surface area (Å²) in [5.41, 5.74) is 1.12. The Morgan fingerprint density at radius 2 is 1.89 bits per heavy atom. The first-order chi connectivity index (χ1) is 18.0. The Hall–Kier alpha value is -3.52. The highest BCUT2D eigenvalue weighted by molar-refractivity contribution is 9.10. The zero-order valence-electron chi connectivity index (χ0n) is 20.8. The minimum atomic E-state index is -0.807. The Morgan fingerprint density at radius 1 is 1.11 bits per heavy atom. The van der Waals surface area contributed by atoms with Crippen molar-refractivity contribution < 1.29 is 14.3 Å². The van der Waals surface area contributed by atoms with Crippen molar-refractivity contribution in [3.05, 3.63) is 80.8 Å². The molecule has 8 heteroatoms. The second-order valence-electron chi connectivity index (χ2n) is 9.31. The molecule has 0 unspecified atom stereocenters. The van der Waals surface area contributed by atoms with Crippen LogP contribution < -0.4 is 10.3 Å². The molecule has 0 spiro atoms. The maximum absolute atomic E-state index is 13.7. The topological polar surface area (TPSA) is 82.8 Å². The lowest BCUT2D eigenvalue weighted by molar-refractivity contribution is -0.147. The van der Waals surface area contributed by atoms with E-state index in [0.717, 1.165) is 40.9 Å². The molecule has 37 heavy (non-hydrogen) atoms. The summed E-state index contributed by atoms with van der Waals surface area (Å²) in [4.78, 5) is 30.7. The van der Waals surface area contributed by atoms with Crippen LogP contribution in [0.4, 0.5) is 0 Å². The van der Waals surface area contributed by atoms with E-state index in [-0.39, 0.29) is 11.5 Å². The fourth-order valence-electron chi connectivity index (χ4n) is 4.93. The number of ether oxygens (including phenoxy) is 2. The minimum Gasteiger partial charge on any atom is -0.478 e. The molecule has 0 saturated heterocycles. The quantitative estimate of drug-likeness (QED) is 0.207. The number of hydrogen-bond acceptors (Lipinski definition) is 6. The Morgan fingerprint density at radius 3 is 2.68 bits per heavy atom. The molecule has 5 rings (SSSR count). The molecule has 0 N–H and O–H groups in total. The Kier molecular flexibility index (Phi) is 7.37. The molecule has 0 amide bonds. The number of esters is 1. The lowest BCUT2D eigenvalue weighted by atomic mass is 9.88. The molecule has 0 aliphatic heterocycles. The van der Waals surface area contributed by atoms with Crippen molar-refractivity contribution in [1.29, 1.82) is 0 Å². The van der Waals surface area contributed by atoms with Gasteiger partial charge in [0, 0.05) is 16.0 Å². The summed E-state index contributed by atoms with van der Waals surface area (Å²) in [7, 11) is 1.33. The van der Waals surface area contributed by atoms with Crippen LogP contribution in [-0.2, 0) is 9.53 Å². The van der Waals surface area contributed by atoms with Gasteiger partial charge < -0.3 is 9.47 Å². The highest BCUT2D eigenvalue weighted by atomic mass is 79.9. The third-order valence-electron chi connectivity index (χ3n) is 6.87. The van der Waals surface area contributed by atoms with E-state index < -0.39 is 12.1 Å². The summed E-state index contributed by atoms with van der Waals surface area (Å²) in [6.07, 6.45) is 6.19. The van der Waals surface area contributed by atoms with E-state index >= 15 is 0 Å². The van der Waals surface area contributed by atoms with Crippen molar-refractivity contribution in [2.75, 3.05) is 7.11 Å². The summed E-state index contributed by atoms with van der Waals surface area (Å²) >= 11 is 3.47. The average molecular weight is 562 g/mol. The number of halogens is 1. The number of methoxy groups -OCH3 is 1. The summed E-state index contributed by atoms with van der Waals surface area (Å²) in [5, 5.41) is 7.10. The normalized spacial score (nSPS) is 15.3. The second kappa shape index (κ2) is 10.8. The van der Waals surface area contributed by atoms with Gasteiger partial charge in [0.1, 0.15) is 11.6 Å². The van der Waals surface area contributed by atoms with Gasteiger partial charge in [-0.15, -0.1) is 0 Å². The van der Waals surface area contributed by atoms with Crippen LogP contribution in [-0.4, -0.2) is 35.1 Å². The van der Waals surface area contributed by atoms with Crippen molar-refractivity contribution in [3.63, 3.8) is 0 Å². The molecule has 0 radical (unpaired) electrons. The molecule has 190 valence electrons. The predicted octanol–water partition coefficient (Wildman–Crippen LogP) is 6.18. The van der Waals surface area contributed by atoms with Gasteiger partial charge in [0.15, 0.2) is 6.10 Å². The van der Waals surface area contributed by atoms with E-state index in [2.05, 4.69) is 15.9 Å². The maximum atomic E-state index is 13.7. The van der Waals surface area contributed by atoms with Crippen molar-refractivity contribution in [1.82, 2.24) is 9.66 Å². The average Bonchev–Trinajstić information content (AvgIpc) is 2.93. The largest absolute Gasteiger partial charge is 0.478 e. The molecule has 1 heterocycles. The first kappa shape index (κ1) is 25.1. The molecule has 1 atom stereocenters. The zero-order valence-corrected chi connectivity index (χ0v) is 22.4. The fourth-order valence-corrected chi connectivity index (χ4v) is 5.30. The number of nitrogens with zero attached hydrogens (tertiary/aromatic N) is 3. The van der Waals surface area contributed by atoms with E-state index in [1.165, 1.54) is 18.2 Å². The monoisotopic (exact) mass is 561 g/mol. The van der Waals surface area contributed by atoms with E-state index in [9.17, 15) is 9.59 Å². The summed E-state index contributed by atoms with van der Waals surface area (Å²) in [5.74, 6) is 0.843. The van der Waals surface area contributed by atoms with Crippen LogP contribution in [0.1, 0.15) is 56.3 Å². The lowest BCUT2D eigenvalue weighted by Gasteiger charge is -2.23. The van der Waals surface area contributed by atoms with Gasteiger partial charge >= 0.3 is 5.97 Å². The third-order valence-corrected chi connectivity index (χ3v) is 7.37. The molecule has 1 saturated carbocycles. The van der Waals surface area contributed by atoms with Crippen molar-refractivity contribution in [3.8, 4) is 5.75 Å². The Balaban J connectivity index is 1.67. The maximum Gasteiger partial charge on any atom is 0.346 e. The Labute approximate surface area is 223 Å². The SMILES string of the molecule is COC(=O)[C@@H](C)Oc1ccc2ccccc2c1C=Nn1c(C2CCCCC2)nc2ccc(Br)cc2c1=O. The fraction of sp³-hybridized carbons (Fsp3) is 0.310. The third kappa shape index (κ3) is 5.16. The number of hydrogen-bond donors (Lipinski definition) is 0. The van der Waals surface area contributed by atoms with Crippen LogP contribution in [0, 0.1) is 0 Å². The first-order valence-corrected chi connectivity index (χ1v) is 13.3. The first-order valence-electron chi connectivity index (χ1n) is 12.5. The molecule has 4 aromatic rings. The number of rotatable bonds is 6. The lowest BCUT2D eigenvalue weighted by Crippen LogP contribution is -2.26. The summed E-state index contributed by atoms with van der Waals surface area (Å²) < 4.78 is 13.1. The molecule has 1 aromatic heterocycles. The van der Waals surface area contributed by atoms with Crippen LogP contribution in [0.2, 0.25) is 0 Å². The number of carbonyl (C=O) groups is 1. The molecule has 1 aliphatic carbocycles. The van der Waals surface area contributed by atoms with Gasteiger partial charge in [-0.3, -0.25) is 4.79 Å². The number of fused-ring (bicyclic) bond motifs is 2. The predicted molar refractivity (Wildman–Crippen MR) is 149 cm³/mol. The van der Waals surface area contributed by atoms with Gasteiger partial charge in [-0.25, -0.2) is 9.78 Å². The molecule has 7 nitrogen and oxygen atoms in total. The molecular weight excluding hydrogens is 534 g/mol. The summed E-state index contributed by atoms with van der Waals surface area (Å²) in [6.45, 7) is 1.64. The van der Waals surface area contributed by atoms with Crippen LogP contribution in [0.5, 0.6) is 5.75 Å². The molecule has 1 fully saturated rings. The second-order valence-corrected chi connectivity index (χ2v) is 10.2. The van der Waals surface area contributed by atoms with E-state index in [1.807, 2.05) is 48.5 Å². The highest BCUT2D eigenvalue weighted by Crippen LogP contribution is 2.32. The van der Waals surface area contributed by atoms with Crippen LogP contribution in [0.3, 0.4) is 0 Å². The van der Waals surface area contributed by atoms with Gasteiger partial charge in [-0.2, -0.15) is 9.78 Å². The van der Waals surface area contributed by atoms with Gasteiger partial charge in [-0.05, 0) is 54.8 Å². The van der Waals surface area contributed by atoms with Gasteiger partial charge in [-0.1, -0.05) is 65.5 Å². The molecule has 0 bridgehead atoms. The summed E-state index contributed by atoms with van der Waals surface area (Å²) in [6, 6.07) is 17.1. The van der Waals surface area contributed by atoms with E-state index in [1.54, 1.807) is 19.2 Å². The number of carbonyl (C=O) groups excluding carboxylic acids is 1. The van der Waals surface area contributed by atoms with Gasteiger partial charge in [0.25, 0.3) is 5.56 Å². The smallest absolute Gasteiger partial charge is 0.346 e.